The Bertz CT molecular complexity index is 1250. The average molecular weight is 522 g/mol. The second-order valence-corrected chi connectivity index (χ2v) is 15.0. The van der Waals surface area contributed by atoms with Crippen molar-refractivity contribution in [2.75, 3.05) is 7.11 Å². The largest absolute Gasteiger partial charge is 0.469 e. The molecule has 6 heteroatoms. The van der Waals surface area contributed by atoms with Crippen LogP contribution in [-0.4, -0.2) is 35.4 Å². The van der Waals surface area contributed by atoms with Crippen LogP contribution in [0.5, 0.6) is 0 Å². The van der Waals surface area contributed by atoms with Crippen molar-refractivity contribution in [3.63, 3.8) is 0 Å². The van der Waals surface area contributed by atoms with Crippen LogP contribution in [0.15, 0.2) is 23.4 Å². The van der Waals surface area contributed by atoms with Crippen molar-refractivity contribution in [3.8, 4) is 0 Å². The van der Waals surface area contributed by atoms with Crippen LogP contribution in [-0.2, 0) is 19.1 Å². The van der Waals surface area contributed by atoms with Gasteiger partial charge in [-0.25, -0.2) is 4.85 Å². The second kappa shape index (κ2) is 7.68. The first-order valence-corrected chi connectivity index (χ1v) is 14.1. The third kappa shape index (κ3) is 2.90. The van der Waals surface area contributed by atoms with E-state index in [2.05, 4.69) is 39.5 Å². The van der Waals surface area contributed by atoms with Gasteiger partial charge in [0, 0.05) is 22.2 Å². The molecule has 5 rings (SSSR count). The van der Waals surface area contributed by atoms with Gasteiger partial charge in [-0.1, -0.05) is 60.1 Å². The SMILES string of the molecule is [C-]#[N+]C1=C[C@]2(C)C3=CC(=O)[C@]4(O)[C@@H]5CC(C)(C)CC[C@]5(C(=O)OC)CC[C@@]4(C)[C@]3(C)CC[C@H]2C(C)(C)C1=O. The molecule has 0 radical (unpaired) electrons. The predicted octanol–water partition coefficient (Wildman–Crippen LogP) is 5.85. The van der Waals surface area contributed by atoms with E-state index in [1.165, 1.54) is 7.11 Å². The first kappa shape index (κ1) is 27.3. The zero-order valence-corrected chi connectivity index (χ0v) is 24.3. The van der Waals surface area contributed by atoms with Crippen LogP contribution in [0.1, 0.15) is 93.4 Å². The molecule has 3 saturated carbocycles. The van der Waals surface area contributed by atoms with E-state index in [1.807, 2.05) is 19.9 Å². The number of carbonyl (C=O) groups is 3. The van der Waals surface area contributed by atoms with E-state index in [4.69, 9.17) is 11.3 Å². The summed E-state index contributed by atoms with van der Waals surface area (Å²) < 4.78 is 5.34. The van der Waals surface area contributed by atoms with E-state index in [1.54, 1.807) is 6.08 Å². The van der Waals surface area contributed by atoms with Crippen molar-refractivity contribution in [2.45, 2.75) is 99.0 Å². The molecule has 0 aromatic carbocycles. The van der Waals surface area contributed by atoms with Crippen LogP contribution in [0.3, 0.4) is 0 Å². The van der Waals surface area contributed by atoms with Crippen LogP contribution >= 0.6 is 0 Å². The fraction of sp³-hybridized carbons (Fsp3) is 0.750. The molecule has 0 aliphatic heterocycles. The zero-order chi connectivity index (χ0) is 28.3. The summed E-state index contributed by atoms with van der Waals surface area (Å²) in [6, 6.07) is 0. The first-order valence-electron chi connectivity index (χ1n) is 14.1. The lowest BCUT2D eigenvalue weighted by Crippen LogP contribution is -2.75. The Labute approximate surface area is 227 Å². The molecular weight excluding hydrogens is 478 g/mol. The van der Waals surface area contributed by atoms with Crippen LogP contribution < -0.4 is 0 Å². The monoisotopic (exact) mass is 521 g/mol. The molecule has 0 heterocycles. The normalized spacial score (nSPS) is 46.7. The van der Waals surface area contributed by atoms with E-state index < -0.39 is 38.6 Å². The van der Waals surface area contributed by atoms with Crippen LogP contribution in [0, 0.1) is 50.9 Å². The highest BCUT2D eigenvalue weighted by molar-refractivity contribution is 6.04. The van der Waals surface area contributed by atoms with Gasteiger partial charge < -0.3 is 14.6 Å². The van der Waals surface area contributed by atoms with Gasteiger partial charge in [0.1, 0.15) is 5.60 Å². The number of methoxy groups -OCH3 is 1. The summed E-state index contributed by atoms with van der Waals surface area (Å²) in [6.45, 7) is 22.2. The molecule has 38 heavy (non-hydrogen) atoms. The Hall–Kier alpha value is -2.26. The molecule has 0 unspecified atom stereocenters. The maximum atomic E-state index is 14.4. The maximum absolute atomic E-state index is 14.4. The highest BCUT2D eigenvalue weighted by Gasteiger charge is 2.76. The molecule has 5 aliphatic rings. The lowest BCUT2D eigenvalue weighted by atomic mass is 9.33. The van der Waals surface area contributed by atoms with Gasteiger partial charge in [0.25, 0.3) is 0 Å². The second-order valence-electron chi connectivity index (χ2n) is 15.0. The smallest absolute Gasteiger partial charge is 0.312 e. The van der Waals surface area contributed by atoms with E-state index in [0.717, 1.165) is 24.8 Å². The van der Waals surface area contributed by atoms with Gasteiger partial charge >= 0.3 is 5.97 Å². The molecule has 0 saturated heterocycles. The van der Waals surface area contributed by atoms with Crippen molar-refractivity contribution in [2.24, 2.45) is 44.3 Å². The van der Waals surface area contributed by atoms with Gasteiger partial charge in [0.05, 0.1) is 19.1 Å². The quantitative estimate of drug-likeness (QED) is 0.346. The molecule has 0 spiro atoms. The first-order chi connectivity index (χ1) is 17.4. The lowest BCUT2D eigenvalue weighted by Gasteiger charge is -2.71. The van der Waals surface area contributed by atoms with Gasteiger partial charge in [0.2, 0.25) is 5.70 Å². The number of ether oxygens (including phenoxy) is 1. The summed E-state index contributed by atoms with van der Waals surface area (Å²) in [5.74, 6) is -1.38. The summed E-state index contributed by atoms with van der Waals surface area (Å²) in [5, 5.41) is 12.9. The van der Waals surface area contributed by atoms with Crippen molar-refractivity contribution in [1.82, 2.24) is 0 Å². The fourth-order valence-electron chi connectivity index (χ4n) is 10.2. The minimum Gasteiger partial charge on any atom is -0.469 e. The molecule has 206 valence electrons. The average Bonchev–Trinajstić information content (AvgIpc) is 2.85. The molecule has 5 aliphatic carbocycles. The van der Waals surface area contributed by atoms with Crippen LogP contribution in [0.25, 0.3) is 4.85 Å². The number of hydrogen-bond donors (Lipinski definition) is 1. The predicted molar refractivity (Wildman–Crippen MR) is 143 cm³/mol. The summed E-state index contributed by atoms with van der Waals surface area (Å²) in [4.78, 5) is 44.7. The van der Waals surface area contributed by atoms with E-state index in [9.17, 15) is 19.5 Å². The third-order valence-electron chi connectivity index (χ3n) is 12.6. The van der Waals surface area contributed by atoms with Crippen molar-refractivity contribution in [1.29, 1.82) is 0 Å². The Kier molecular flexibility index (Phi) is 5.52. The van der Waals surface area contributed by atoms with E-state index >= 15 is 0 Å². The molecule has 6 nitrogen and oxygen atoms in total. The van der Waals surface area contributed by atoms with Gasteiger partial charge in [-0.05, 0) is 67.8 Å². The Morgan fingerprint density at radius 3 is 2.24 bits per heavy atom. The van der Waals surface area contributed by atoms with Crippen LogP contribution in [0.4, 0.5) is 0 Å². The number of hydrogen-bond acceptors (Lipinski definition) is 5. The summed E-state index contributed by atoms with van der Waals surface area (Å²) in [6.07, 6.45) is 8.06. The maximum Gasteiger partial charge on any atom is 0.312 e. The molecule has 3 fully saturated rings. The molecule has 0 aromatic rings. The number of fused-ring (bicyclic) bond motifs is 7. The number of nitrogens with zero attached hydrogens (tertiary/aromatic N) is 1. The molecule has 1 N–H and O–H groups in total. The van der Waals surface area contributed by atoms with Gasteiger partial charge in [-0.3, -0.25) is 9.59 Å². The number of allylic oxidation sites excluding steroid dienone is 3. The van der Waals surface area contributed by atoms with Crippen molar-refractivity contribution >= 4 is 17.5 Å². The van der Waals surface area contributed by atoms with Crippen LogP contribution in [0.2, 0.25) is 0 Å². The molecule has 0 aromatic heterocycles. The van der Waals surface area contributed by atoms with Crippen molar-refractivity contribution in [3.05, 3.63) is 34.8 Å². The number of esters is 1. The fourth-order valence-corrected chi connectivity index (χ4v) is 10.2. The highest BCUT2D eigenvalue weighted by Crippen LogP contribution is 2.75. The Morgan fingerprint density at radius 1 is 1.00 bits per heavy atom. The summed E-state index contributed by atoms with van der Waals surface area (Å²) >= 11 is 0. The molecule has 0 bridgehead atoms. The minimum absolute atomic E-state index is 0.0544. The third-order valence-corrected chi connectivity index (χ3v) is 12.6. The highest BCUT2D eigenvalue weighted by atomic mass is 16.5. The number of Topliss-reactive ketones (excluding diaryl/α,β-unsaturated/α-hetero) is 1. The van der Waals surface area contributed by atoms with Gasteiger partial charge in [-0.15, -0.1) is 0 Å². The number of aliphatic hydroxyl groups is 1. The van der Waals surface area contributed by atoms with E-state index in [0.29, 0.717) is 25.7 Å². The lowest BCUT2D eigenvalue weighted by molar-refractivity contribution is -0.248. The number of carbonyl (C=O) groups excluding carboxylic acids is 3. The Balaban J connectivity index is 1.75. The van der Waals surface area contributed by atoms with Gasteiger partial charge in [-0.2, -0.15) is 0 Å². The topological polar surface area (TPSA) is 85.0 Å². The van der Waals surface area contributed by atoms with Gasteiger partial charge in [0.15, 0.2) is 11.6 Å². The standard InChI is InChI=1S/C32H43NO5/c1-26(2)12-14-31(25(36)38-9)15-13-30(7)29(6)11-10-20-27(3,4)24(35)19(33-8)17-28(20,5)21(29)16-23(34)32(30,37)22(31)18-26/h16-17,20,22,37H,10-15,18H2,1-7,9H3/t20-,22+,28-,29+,30-,31-,32+/m0/s1. The Morgan fingerprint density at radius 2 is 1.63 bits per heavy atom. The van der Waals surface area contributed by atoms with E-state index in [-0.39, 0.29) is 34.6 Å². The number of ketones is 2. The number of rotatable bonds is 1. The molecule has 7 atom stereocenters. The molecular formula is C32H43NO5. The van der Waals surface area contributed by atoms with Crippen molar-refractivity contribution < 1.29 is 24.2 Å². The minimum atomic E-state index is -1.72. The summed E-state index contributed by atoms with van der Waals surface area (Å²) in [7, 11) is 1.41. The molecule has 0 amide bonds. The zero-order valence-electron chi connectivity index (χ0n) is 24.3. The summed E-state index contributed by atoms with van der Waals surface area (Å²) in [5.41, 5.74) is -4.41.